The molecule has 2 N–H and O–H groups in total. The van der Waals surface area contributed by atoms with Crippen molar-refractivity contribution >= 4 is 22.6 Å². The summed E-state index contributed by atoms with van der Waals surface area (Å²) in [5.41, 5.74) is 10.5. The predicted octanol–water partition coefficient (Wildman–Crippen LogP) is 3.47. The summed E-state index contributed by atoms with van der Waals surface area (Å²) in [6.45, 7) is 6.30. The maximum absolute atomic E-state index is 12.6. The van der Waals surface area contributed by atoms with Gasteiger partial charge in [-0.2, -0.15) is 0 Å². The highest BCUT2D eigenvalue weighted by Crippen LogP contribution is 2.38. The van der Waals surface area contributed by atoms with Crippen molar-refractivity contribution in [2.45, 2.75) is 33.6 Å². The van der Waals surface area contributed by atoms with E-state index in [-0.39, 0.29) is 17.1 Å². The van der Waals surface area contributed by atoms with Crippen molar-refractivity contribution in [1.29, 1.82) is 0 Å². The van der Waals surface area contributed by atoms with Crippen LogP contribution in [-0.4, -0.2) is 20.3 Å². The summed E-state index contributed by atoms with van der Waals surface area (Å²) in [7, 11) is 0. The first-order valence-corrected chi connectivity index (χ1v) is 8.11. The lowest BCUT2D eigenvalue weighted by Gasteiger charge is -2.30. The van der Waals surface area contributed by atoms with Gasteiger partial charge in [-0.3, -0.25) is 4.79 Å². The Labute approximate surface area is 140 Å². The number of anilines is 1. The quantitative estimate of drug-likeness (QED) is 0.745. The van der Waals surface area contributed by atoms with Crippen molar-refractivity contribution < 1.29 is 4.79 Å². The lowest BCUT2D eigenvalue weighted by Crippen LogP contribution is -2.28. The van der Waals surface area contributed by atoms with Gasteiger partial charge in [0.2, 0.25) is 5.95 Å². The van der Waals surface area contributed by atoms with Gasteiger partial charge < -0.3 is 10.3 Å². The zero-order valence-electron chi connectivity index (χ0n) is 14.1. The van der Waals surface area contributed by atoms with Crippen LogP contribution in [0.3, 0.4) is 0 Å². The molecule has 2 heterocycles. The molecular weight excluding hydrogens is 300 g/mol. The van der Waals surface area contributed by atoms with Gasteiger partial charge in [-0.05, 0) is 42.5 Å². The van der Waals surface area contributed by atoms with E-state index >= 15 is 0 Å². The smallest absolute Gasteiger partial charge is 0.220 e. The summed E-state index contributed by atoms with van der Waals surface area (Å²) in [6.07, 6.45) is 5.26. The molecule has 3 aromatic rings. The van der Waals surface area contributed by atoms with Crippen LogP contribution >= 0.6 is 0 Å². The molecule has 5 heteroatoms. The minimum absolute atomic E-state index is 0.0178. The number of hydrogen-bond acceptors (Lipinski definition) is 4. The molecule has 0 saturated carbocycles. The Morgan fingerprint density at radius 2 is 2.04 bits per heavy atom. The number of fused-ring (bicyclic) bond motifs is 2. The minimum Gasteiger partial charge on any atom is -0.368 e. The van der Waals surface area contributed by atoms with Crippen LogP contribution in [0, 0.1) is 12.3 Å². The van der Waals surface area contributed by atoms with E-state index in [2.05, 4.69) is 34.6 Å². The zero-order chi connectivity index (χ0) is 17.1. The van der Waals surface area contributed by atoms with Crippen molar-refractivity contribution in [2.75, 3.05) is 5.73 Å². The van der Waals surface area contributed by atoms with Gasteiger partial charge in [0.1, 0.15) is 0 Å². The third-order valence-corrected chi connectivity index (χ3v) is 4.72. The molecule has 2 aromatic heterocycles. The van der Waals surface area contributed by atoms with Gasteiger partial charge in [-0.1, -0.05) is 13.8 Å². The molecule has 0 fully saturated rings. The average molecular weight is 320 g/mol. The first-order chi connectivity index (χ1) is 11.3. The molecule has 0 unspecified atom stereocenters. The molecule has 0 spiro atoms. The monoisotopic (exact) mass is 320 g/mol. The molecule has 0 aliphatic heterocycles. The number of rotatable bonds is 1. The minimum atomic E-state index is -0.0178. The van der Waals surface area contributed by atoms with Gasteiger partial charge in [-0.25, -0.2) is 9.97 Å². The third kappa shape index (κ3) is 2.28. The second-order valence-electron chi connectivity index (χ2n) is 7.42. The lowest BCUT2D eigenvalue weighted by molar-refractivity contribution is 0.0910. The average Bonchev–Trinajstić information content (AvgIpc) is 2.82. The molecular formula is C19H20N4O. The second-order valence-corrected chi connectivity index (χ2v) is 7.42. The van der Waals surface area contributed by atoms with Gasteiger partial charge in [0, 0.05) is 41.1 Å². The Morgan fingerprint density at radius 3 is 2.83 bits per heavy atom. The molecule has 0 saturated heterocycles. The maximum Gasteiger partial charge on any atom is 0.220 e. The van der Waals surface area contributed by atoms with E-state index in [0.717, 1.165) is 39.8 Å². The zero-order valence-corrected chi connectivity index (χ0v) is 14.1. The van der Waals surface area contributed by atoms with Gasteiger partial charge in [0.25, 0.3) is 0 Å². The molecule has 0 bridgehead atoms. The Hall–Kier alpha value is -2.69. The van der Waals surface area contributed by atoms with Crippen molar-refractivity contribution in [1.82, 2.24) is 14.5 Å². The number of ketones is 1. The highest BCUT2D eigenvalue weighted by Gasteiger charge is 2.34. The molecule has 0 amide bonds. The number of nitrogen functional groups attached to an aromatic ring is 1. The van der Waals surface area contributed by atoms with E-state index in [1.165, 1.54) is 0 Å². The van der Waals surface area contributed by atoms with E-state index in [1.807, 2.05) is 25.1 Å². The van der Waals surface area contributed by atoms with E-state index in [0.29, 0.717) is 6.42 Å². The Kier molecular flexibility index (Phi) is 3.04. The number of Topliss-reactive ketones (excluding diaryl/α,β-unsaturated/α-hetero) is 1. The number of aryl methyl sites for hydroxylation is 1. The summed E-state index contributed by atoms with van der Waals surface area (Å²) in [5.74, 6) is 0.506. The van der Waals surface area contributed by atoms with E-state index in [1.54, 1.807) is 6.20 Å². The fourth-order valence-corrected chi connectivity index (χ4v) is 3.68. The summed E-state index contributed by atoms with van der Waals surface area (Å²) in [4.78, 5) is 20.9. The lowest BCUT2D eigenvalue weighted by atomic mass is 9.75. The van der Waals surface area contributed by atoms with Crippen LogP contribution in [0.4, 0.5) is 5.95 Å². The topological polar surface area (TPSA) is 73.8 Å². The Morgan fingerprint density at radius 1 is 1.25 bits per heavy atom. The number of carbonyl (C=O) groups excluding carboxylic acids is 1. The first kappa shape index (κ1) is 14.9. The van der Waals surface area contributed by atoms with Crippen LogP contribution in [0.15, 0.2) is 30.6 Å². The fourth-order valence-electron chi connectivity index (χ4n) is 3.68. The second kappa shape index (κ2) is 4.90. The van der Waals surface area contributed by atoms with E-state index in [4.69, 9.17) is 5.73 Å². The number of nitrogens with two attached hydrogens (primary N) is 1. The van der Waals surface area contributed by atoms with Gasteiger partial charge in [-0.15, -0.1) is 0 Å². The molecule has 122 valence electrons. The van der Waals surface area contributed by atoms with Crippen LogP contribution in [0.1, 0.15) is 41.9 Å². The first-order valence-electron chi connectivity index (χ1n) is 8.11. The number of aromatic nitrogens is 3. The number of benzene rings is 1. The van der Waals surface area contributed by atoms with Gasteiger partial charge in [0.15, 0.2) is 5.78 Å². The largest absolute Gasteiger partial charge is 0.368 e. The van der Waals surface area contributed by atoms with Crippen LogP contribution in [0.5, 0.6) is 0 Å². The van der Waals surface area contributed by atoms with E-state index in [9.17, 15) is 4.79 Å². The van der Waals surface area contributed by atoms with Gasteiger partial charge >= 0.3 is 0 Å². The summed E-state index contributed by atoms with van der Waals surface area (Å²) in [5, 5.41) is 0.946. The molecule has 24 heavy (non-hydrogen) atoms. The number of nitrogens with zero attached hydrogens (tertiary/aromatic N) is 3. The molecule has 1 aliphatic rings. The standard InChI is InChI=1S/C19H20N4O/c1-11-10-23(15-7-19(2,3)8-16(24)17(11)15)13-5-4-12-9-21-18(20)22-14(12)6-13/h4-6,9-10H,7-8H2,1-3H3,(H2,20,21,22). The number of hydrogen-bond donors (Lipinski definition) is 1. The molecule has 0 radical (unpaired) electrons. The van der Waals surface area contributed by atoms with Crippen LogP contribution < -0.4 is 5.73 Å². The van der Waals surface area contributed by atoms with Crippen LogP contribution in [0.2, 0.25) is 0 Å². The summed E-state index contributed by atoms with van der Waals surface area (Å²) in [6, 6.07) is 6.02. The predicted molar refractivity (Wildman–Crippen MR) is 94.4 cm³/mol. The number of carbonyl (C=O) groups is 1. The maximum atomic E-state index is 12.6. The van der Waals surface area contributed by atoms with Crippen molar-refractivity contribution in [3.63, 3.8) is 0 Å². The molecule has 1 aromatic carbocycles. The van der Waals surface area contributed by atoms with Gasteiger partial charge in [0.05, 0.1) is 5.52 Å². The Bertz CT molecular complexity index is 984. The van der Waals surface area contributed by atoms with E-state index < -0.39 is 0 Å². The van der Waals surface area contributed by atoms with Crippen molar-refractivity contribution in [3.05, 3.63) is 47.4 Å². The van der Waals surface area contributed by atoms with Crippen LogP contribution in [0.25, 0.3) is 16.6 Å². The molecule has 4 rings (SSSR count). The normalized spacial score (nSPS) is 16.4. The SMILES string of the molecule is Cc1cn(-c2ccc3cnc(N)nc3c2)c2c1C(=O)CC(C)(C)C2. The Balaban J connectivity index is 1.92. The molecule has 0 atom stereocenters. The highest BCUT2D eigenvalue weighted by molar-refractivity contribution is 6.00. The summed E-state index contributed by atoms with van der Waals surface area (Å²) < 4.78 is 2.13. The molecule has 1 aliphatic carbocycles. The summed E-state index contributed by atoms with van der Waals surface area (Å²) >= 11 is 0. The van der Waals surface area contributed by atoms with Crippen molar-refractivity contribution in [2.24, 2.45) is 5.41 Å². The third-order valence-electron chi connectivity index (χ3n) is 4.72. The molecule has 5 nitrogen and oxygen atoms in total. The highest BCUT2D eigenvalue weighted by atomic mass is 16.1. The fraction of sp³-hybridized carbons (Fsp3) is 0.316. The van der Waals surface area contributed by atoms with Crippen molar-refractivity contribution in [3.8, 4) is 5.69 Å². The van der Waals surface area contributed by atoms with Crippen LogP contribution in [-0.2, 0) is 6.42 Å².